The van der Waals surface area contributed by atoms with E-state index in [0.29, 0.717) is 17.6 Å². The van der Waals surface area contributed by atoms with Crippen LogP contribution in [0.5, 0.6) is 0 Å². The van der Waals surface area contributed by atoms with Gasteiger partial charge >= 0.3 is 0 Å². The van der Waals surface area contributed by atoms with Crippen LogP contribution in [-0.4, -0.2) is 19.7 Å². The van der Waals surface area contributed by atoms with Gasteiger partial charge in [-0.15, -0.1) is 0 Å². The summed E-state index contributed by atoms with van der Waals surface area (Å²) < 4.78 is 1.67. The second-order valence-corrected chi connectivity index (χ2v) is 5.13. The summed E-state index contributed by atoms with van der Waals surface area (Å²) in [4.78, 5) is 19.5. The Bertz CT molecular complexity index is 653. The van der Waals surface area contributed by atoms with Crippen LogP contribution in [0.2, 0.25) is 0 Å². The first-order valence-corrected chi connectivity index (χ1v) is 5.26. The smallest absolute Gasteiger partial charge is 0.267 e. The number of aromatic nitrogens is 4. The van der Waals surface area contributed by atoms with Gasteiger partial charge < -0.3 is 0 Å². The fourth-order valence-corrected chi connectivity index (χ4v) is 1.62. The molecule has 2 rings (SSSR count). The molecule has 6 heteroatoms. The minimum Gasteiger partial charge on any atom is -0.267 e. The third kappa shape index (κ3) is 2.18. The van der Waals surface area contributed by atoms with Gasteiger partial charge in [0.1, 0.15) is 11.5 Å². The number of nitrogens with one attached hydrogen (secondary N) is 1. The number of nitriles is 1. The van der Waals surface area contributed by atoms with Crippen molar-refractivity contribution in [1.29, 1.82) is 5.26 Å². The summed E-state index contributed by atoms with van der Waals surface area (Å²) in [6.45, 7) is 6.80. The van der Waals surface area contributed by atoms with Gasteiger partial charge in [0.2, 0.25) is 5.82 Å². The minimum absolute atomic E-state index is 0.00659. The standard InChI is InChI=1S/C11H13N5O/c1-11(2,3)6-16-9-7(10(17)15-16)5-13-8(4-12)14-9/h5H,6H2,1-3H3,(H,15,17). The molecule has 0 aromatic carbocycles. The van der Waals surface area contributed by atoms with Crippen LogP contribution in [0.15, 0.2) is 11.0 Å². The fraction of sp³-hybridized carbons (Fsp3) is 0.455. The molecule has 0 fully saturated rings. The number of nitrogens with zero attached hydrogens (tertiary/aromatic N) is 4. The summed E-state index contributed by atoms with van der Waals surface area (Å²) in [6, 6.07) is 1.87. The lowest BCUT2D eigenvalue weighted by Crippen LogP contribution is -2.18. The molecule has 0 radical (unpaired) electrons. The van der Waals surface area contributed by atoms with Crippen molar-refractivity contribution in [3.63, 3.8) is 0 Å². The van der Waals surface area contributed by atoms with Gasteiger partial charge in [-0.05, 0) is 5.41 Å². The van der Waals surface area contributed by atoms with Crippen LogP contribution in [0, 0.1) is 16.7 Å². The first-order chi connectivity index (χ1) is 7.90. The van der Waals surface area contributed by atoms with Crippen molar-refractivity contribution in [2.75, 3.05) is 0 Å². The molecule has 2 aromatic rings. The lowest BCUT2D eigenvalue weighted by molar-refractivity contribution is 0.329. The van der Waals surface area contributed by atoms with E-state index >= 15 is 0 Å². The zero-order valence-electron chi connectivity index (χ0n) is 9.98. The largest absolute Gasteiger partial charge is 0.275 e. The van der Waals surface area contributed by atoms with Crippen LogP contribution >= 0.6 is 0 Å². The van der Waals surface area contributed by atoms with Gasteiger partial charge in [0, 0.05) is 12.7 Å². The van der Waals surface area contributed by atoms with Crippen molar-refractivity contribution in [3.8, 4) is 6.07 Å². The number of hydrogen-bond donors (Lipinski definition) is 1. The van der Waals surface area contributed by atoms with Gasteiger partial charge in [0.25, 0.3) is 5.56 Å². The van der Waals surface area contributed by atoms with E-state index in [4.69, 9.17) is 5.26 Å². The first kappa shape index (κ1) is 11.3. The van der Waals surface area contributed by atoms with Crippen molar-refractivity contribution in [3.05, 3.63) is 22.4 Å². The Labute approximate surface area is 97.9 Å². The monoisotopic (exact) mass is 231 g/mol. The quantitative estimate of drug-likeness (QED) is 0.794. The SMILES string of the molecule is CC(C)(C)Cn1[nH]c(=O)c2cnc(C#N)nc21. The summed E-state index contributed by atoms with van der Waals surface area (Å²) in [5.74, 6) is 0.0687. The van der Waals surface area contributed by atoms with Crippen molar-refractivity contribution in [2.45, 2.75) is 27.3 Å². The molecule has 0 saturated carbocycles. The summed E-state index contributed by atoms with van der Waals surface area (Å²) in [7, 11) is 0. The molecule has 0 aliphatic heterocycles. The van der Waals surface area contributed by atoms with E-state index in [9.17, 15) is 4.79 Å². The lowest BCUT2D eigenvalue weighted by Gasteiger charge is -2.18. The van der Waals surface area contributed by atoms with E-state index in [1.165, 1.54) is 6.20 Å². The Morgan fingerprint density at radius 2 is 2.24 bits per heavy atom. The Morgan fingerprint density at radius 3 is 2.82 bits per heavy atom. The zero-order chi connectivity index (χ0) is 12.6. The summed E-state index contributed by atoms with van der Waals surface area (Å²) in [5, 5.41) is 11.9. The minimum atomic E-state index is -0.228. The number of fused-ring (bicyclic) bond motifs is 1. The van der Waals surface area contributed by atoms with Crippen molar-refractivity contribution < 1.29 is 0 Å². The van der Waals surface area contributed by atoms with E-state index < -0.39 is 0 Å². The summed E-state index contributed by atoms with van der Waals surface area (Å²) >= 11 is 0. The molecule has 1 N–H and O–H groups in total. The second kappa shape index (κ2) is 3.70. The van der Waals surface area contributed by atoms with Gasteiger partial charge in [0.05, 0.1) is 0 Å². The van der Waals surface area contributed by atoms with Gasteiger partial charge in [-0.25, -0.2) is 4.98 Å². The zero-order valence-corrected chi connectivity index (χ0v) is 9.98. The summed E-state index contributed by atoms with van der Waals surface area (Å²) in [5.41, 5.74) is 0.261. The van der Waals surface area contributed by atoms with Crippen LogP contribution in [0.1, 0.15) is 26.6 Å². The van der Waals surface area contributed by atoms with Crippen LogP contribution in [0.25, 0.3) is 11.0 Å². The van der Waals surface area contributed by atoms with Crippen molar-refractivity contribution >= 4 is 11.0 Å². The highest BCUT2D eigenvalue weighted by Gasteiger charge is 2.16. The van der Waals surface area contributed by atoms with E-state index in [1.54, 1.807) is 4.68 Å². The predicted molar refractivity (Wildman–Crippen MR) is 62.3 cm³/mol. The predicted octanol–water partition coefficient (Wildman–Crippen LogP) is 1.04. The van der Waals surface area contributed by atoms with Gasteiger partial charge in [0.15, 0.2) is 5.65 Å². The van der Waals surface area contributed by atoms with Gasteiger partial charge in [-0.2, -0.15) is 10.2 Å². The lowest BCUT2D eigenvalue weighted by atomic mass is 9.97. The van der Waals surface area contributed by atoms with E-state index in [2.05, 4.69) is 35.8 Å². The average Bonchev–Trinajstić information content (AvgIpc) is 2.53. The Kier molecular flexibility index (Phi) is 2.46. The molecule has 6 nitrogen and oxygen atoms in total. The Balaban J connectivity index is 2.64. The first-order valence-electron chi connectivity index (χ1n) is 5.26. The maximum atomic E-state index is 11.6. The summed E-state index contributed by atoms with van der Waals surface area (Å²) in [6.07, 6.45) is 1.39. The molecule has 0 saturated heterocycles. The average molecular weight is 231 g/mol. The number of H-pyrrole nitrogens is 1. The molecule has 2 heterocycles. The molecule has 0 unspecified atom stereocenters. The topological polar surface area (TPSA) is 87.4 Å². The third-order valence-corrected chi connectivity index (χ3v) is 2.24. The Morgan fingerprint density at radius 1 is 1.53 bits per heavy atom. The molecule has 0 aliphatic rings. The normalized spacial score (nSPS) is 11.6. The highest BCUT2D eigenvalue weighted by molar-refractivity contribution is 5.73. The molecule has 0 spiro atoms. The van der Waals surface area contributed by atoms with Crippen LogP contribution in [0.4, 0.5) is 0 Å². The highest BCUT2D eigenvalue weighted by atomic mass is 16.1. The van der Waals surface area contributed by atoms with Gasteiger partial charge in [-0.3, -0.25) is 14.6 Å². The molecular formula is C11H13N5O. The maximum absolute atomic E-state index is 11.6. The maximum Gasteiger partial charge on any atom is 0.275 e. The molecule has 17 heavy (non-hydrogen) atoms. The fourth-order valence-electron chi connectivity index (χ4n) is 1.62. The molecule has 0 bridgehead atoms. The van der Waals surface area contributed by atoms with E-state index in [1.807, 2.05) is 6.07 Å². The van der Waals surface area contributed by atoms with Crippen molar-refractivity contribution in [1.82, 2.24) is 19.7 Å². The van der Waals surface area contributed by atoms with Crippen LogP contribution in [0.3, 0.4) is 0 Å². The number of aromatic amines is 1. The third-order valence-electron chi connectivity index (χ3n) is 2.24. The molecule has 0 aliphatic carbocycles. The second-order valence-electron chi connectivity index (χ2n) is 5.13. The van der Waals surface area contributed by atoms with E-state index in [-0.39, 0.29) is 16.8 Å². The van der Waals surface area contributed by atoms with Crippen LogP contribution in [-0.2, 0) is 6.54 Å². The van der Waals surface area contributed by atoms with Crippen molar-refractivity contribution in [2.24, 2.45) is 5.41 Å². The molecule has 2 aromatic heterocycles. The molecule has 0 amide bonds. The molecule has 0 atom stereocenters. The number of rotatable bonds is 1. The van der Waals surface area contributed by atoms with E-state index in [0.717, 1.165) is 0 Å². The molecular weight excluding hydrogens is 218 g/mol. The molecule has 88 valence electrons. The number of hydrogen-bond acceptors (Lipinski definition) is 4. The highest BCUT2D eigenvalue weighted by Crippen LogP contribution is 2.17. The van der Waals surface area contributed by atoms with Crippen LogP contribution < -0.4 is 5.56 Å². The van der Waals surface area contributed by atoms with Gasteiger partial charge in [-0.1, -0.05) is 20.8 Å². The Hall–Kier alpha value is -2.16.